The molecular formula is C35H47N7O2. The fraction of sp³-hybridized carbons (Fsp3) is 0.457. The SMILES string of the molecule is CC(C)C(NC(=O)C(C)(C)C)c1ncc(-c2ccc(-c3ccc(-c4cnc(C(NC(=O)C(C)(C)C)C(C)C)[nH]4)nc3)cc2)[nH]1. The number of pyridine rings is 1. The number of imidazole rings is 2. The van der Waals surface area contributed by atoms with Gasteiger partial charge in [-0.1, -0.05) is 99.6 Å². The van der Waals surface area contributed by atoms with Gasteiger partial charge in [0.05, 0.1) is 41.6 Å². The summed E-state index contributed by atoms with van der Waals surface area (Å²) in [6.07, 6.45) is 5.43. The Balaban J connectivity index is 1.47. The first-order valence-corrected chi connectivity index (χ1v) is 15.3. The summed E-state index contributed by atoms with van der Waals surface area (Å²) in [5.74, 6) is 1.79. The minimum absolute atomic E-state index is 0.00421. The first-order chi connectivity index (χ1) is 20.5. The lowest BCUT2D eigenvalue weighted by molar-refractivity contribution is -0.130. The van der Waals surface area contributed by atoms with E-state index in [1.54, 1.807) is 6.20 Å². The predicted octanol–water partition coefficient (Wildman–Crippen LogP) is 7.25. The number of carbonyl (C=O) groups excluding carboxylic acids is 2. The van der Waals surface area contributed by atoms with E-state index >= 15 is 0 Å². The molecule has 1 aromatic carbocycles. The van der Waals surface area contributed by atoms with Crippen molar-refractivity contribution in [2.75, 3.05) is 0 Å². The van der Waals surface area contributed by atoms with Gasteiger partial charge in [-0.15, -0.1) is 0 Å². The van der Waals surface area contributed by atoms with Crippen LogP contribution < -0.4 is 10.6 Å². The van der Waals surface area contributed by atoms with Crippen molar-refractivity contribution in [3.05, 3.63) is 66.6 Å². The lowest BCUT2D eigenvalue weighted by Gasteiger charge is -2.25. The number of carbonyl (C=O) groups is 2. The molecule has 2 atom stereocenters. The van der Waals surface area contributed by atoms with Crippen LogP contribution >= 0.6 is 0 Å². The average Bonchev–Trinajstić information content (AvgIpc) is 3.64. The van der Waals surface area contributed by atoms with Crippen LogP contribution in [0.4, 0.5) is 0 Å². The van der Waals surface area contributed by atoms with Crippen molar-refractivity contribution in [3.8, 4) is 33.8 Å². The molecule has 0 bridgehead atoms. The van der Waals surface area contributed by atoms with Crippen molar-refractivity contribution in [2.45, 2.75) is 81.3 Å². The number of benzene rings is 1. The normalized spacial score (nSPS) is 13.6. The molecule has 4 N–H and O–H groups in total. The number of nitrogens with one attached hydrogen (secondary N) is 4. The molecule has 0 aliphatic rings. The van der Waals surface area contributed by atoms with Crippen LogP contribution in [-0.2, 0) is 9.59 Å². The molecule has 0 aliphatic carbocycles. The molecule has 0 aliphatic heterocycles. The molecule has 0 saturated carbocycles. The standard InChI is InChI=1S/C35H47N7O2/c1-20(2)28(41-32(43)34(5,6)7)30-37-18-26(39-30)23-13-11-22(12-14-23)24-15-16-25(36-17-24)27-19-38-31(40-27)29(21(3)4)42-33(44)35(8,9)10/h11-21,28-29H,1-10H3,(H,37,39)(H,38,40)(H,41,43)(H,42,44). The summed E-state index contributed by atoms with van der Waals surface area (Å²) in [5, 5.41) is 6.28. The van der Waals surface area contributed by atoms with Gasteiger partial charge in [-0.3, -0.25) is 14.6 Å². The van der Waals surface area contributed by atoms with Crippen LogP contribution in [0.15, 0.2) is 55.0 Å². The summed E-state index contributed by atoms with van der Waals surface area (Å²) >= 11 is 0. The first kappa shape index (κ1) is 32.6. The second kappa shape index (κ2) is 12.8. The number of rotatable bonds is 9. The highest BCUT2D eigenvalue weighted by Crippen LogP contribution is 2.29. The Hall–Kier alpha value is -4.27. The molecule has 2 unspecified atom stereocenters. The third kappa shape index (κ3) is 7.62. The Morgan fingerprint density at radius 1 is 0.591 bits per heavy atom. The van der Waals surface area contributed by atoms with E-state index in [4.69, 9.17) is 4.98 Å². The lowest BCUT2D eigenvalue weighted by Crippen LogP contribution is -2.39. The second-order valence-corrected chi connectivity index (χ2v) is 14.3. The van der Waals surface area contributed by atoms with Gasteiger partial charge in [-0.05, 0) is 29.0 Å². The minimum atomic E-state index is -0.485. The maximum atomic E-state index is 12.6. The molecule has 0 spiro atoms. The highest BCUT2D eigenvalue weighted by Gasteiger charge is 2.29. The van der Waals surface area contributed by atoms with Crippen molar-refractivity contribution in [2.24, 2.45) is 22.7 Å². The van der Waals surface area contributed by atoms with E-state index in [1.807, 2.05) is 66.1 Å². The number of aromatic amines is 2. The van der Waals surface area contributed by atoms with Crippen LogP contribution in [-0.4, -0.2) is 36.7 Å². The van der Waals surface area contributed by atoms with Gasteiger partial charge in [-0.2, -0.15) is 0 Å². The second-order valence-electron chi connectivity index (χ2n) is 14.3. The van der Waals surface area contributed by atoms with E-state index in [2.05, 4.69) is 82.5 Å². The molecule has 3 heterocycles. The zero-order valence-electron chi connectivity index (χ0n) is 27.7. The highest BCUT2D eigenvalue weighted by atomic mass is 16.2. The van der Waals surface area contributed by atoms with Crippen LogP contribution in [0.2, 0.25) is 0 Å². The summed E-state index contributed by atoms with van der Waals surface area (Å²) in [5.41, 5.74) is 4.54. The fourth-order valence-electron chi connectivity index (χ4n) is 4.65. The van der Waals surface area contributed by atoms with Crippen molar-refractivity contribution in [1.82, 2.24) is 35.6 Å². The Morgan fingerprint density at radius 3 is 1.45 bits per heavy atom. The third-order valence-electron chi connectivity index (χ3n) is 7.62. The maximum absolute atomic E-state index is 12.6. The van der Waals surface area contributed by atoms with Crippen molar-refractivity contribution >= 4 is 11.8 Å². The largest absolute Gasteiger partial charge is 0.345 e. The quantitative estimate of drug-likeness (QED) is 0.162. The number of aromatic nitrogens is 5. The fourth-order valence-corrected chi connectivity index (χ4v) is 4.65. The number of H-pyrrole nitrogens is 2. The van der Waals surface area contributed by atoms with Gasteiger partial charge in [0.2, 0.25) is 11.8 Å². The van der Waals surface area contributed by atoms with Gasteiger partial charge in [0, 0.05) is 22.6 Å². The van der Waals surface area contributed by atoms with Crippen LogP contribution in [0, 0.1) is 22.7 Å². The molecule has 3 aromatic heterocycles. The van der Waals surface area contributed by atoms with Crippen LogP contribution in [0.25, 0.3) is 33.8 Å². The van der Waals surface area contributed by atoms with Crippen LogP contribution in [0.5, 0.6) is 0 Å². The van der Waals surface area contributed by atoms with E-state index < -0.39 is 10.8 Å². The molecule has 0 fully saturated rings. The Labute approximate surface area is 261 Å². The summed E-state index contributed by atoms with van der Waals surface area (Å²) < 4.78 is 0. The van der Waals surface area contributed by atoms with Crippen LogP contribution in [0.1, 0.15) is 93.0 Å². The van der Waals surface area contributed by atoms with E-state index in [-0.39, 0.29) is 35.7 Å². The zero-order valence-corrected chi connectivity index (χ0v) is 27.7. The smallest absolute Gasteiger partial charge is 0.225 e. The molecule has 0 radical (unpaired) electrons. The van der Waals surface area contributed by atoms with Gasteiger partial charge in [0.25, 0.3) is 0 Å². The van der Waals surface area contributed by atoms with Gasteiger partial charge < -0.3 is 20.6 Å². The molecule has 0 saturated heterocycles. The molecule has 234 valence electrons. The van der Waals surface area contributed by atoms with Gasteiger partial charge in [0.1, 0.15) is 11.6 Å². The van der Waals surface area contributed by atoms with E-state index in [0.717, 1.165) is 39.6 Å². The van der Waals surface area contributed by atoms with Gasteiger partial charge >= 0.3 is 0 Å². The molecule has 4 rings (SSSR count). The lowest BCUT2D eigenvalue weighted by atomic mass is 9.93. The molecule has 44 heavy (non-hydrogen) atoms. The minimum Gasteiger partial charge on any atom is -0.345 e. The summed E-state index contributed by atoms with van der Waals surface area (Å²) in [6, 6.07) is 11.8. The Bertz CT molecular complexity index is 1450. The average molecular weight is 598 g/mol. The summed E-state index contributed by atoms with van der Waals surface area (Å²) in [7, 11) is 0. The van der Waals surface area contributed by atoms with Gasteiger partial charge in [-0.25, -0.2) is 9.97 Å². The third-order valence-corrected chi connectivity index (χ3v) is 7.62. The highest BCUT2D eigenvalue weighted by molar-refractivity contribution is 5.82. The summed E-state index contributed by atoms with van der Waals surface area (Å²) in [4.78, 5) is 45.9. The number of hydrogen-bond acceptors (Lipinski definition) is 5. The van der Waals surface area contributed by atoms with Gasteiger partial charge in [0.15, 0.2) is 0 Å². The van der Waals surface area contributed by atoms with E-state index in [1.165, 1.54) is 0 Å². The van der Waals surface area contributed by atoms with E-state index in [9.17, 15) is 9.59 Å². The Morgan fingerprint density at radius 2 is 1.02 bits per heavy atom. The number of nitrogens with zero attached hydrogens (tertiary/aromatic N) is 3. The van der Waals surface area contributed by atoms with Crippen molar-refractivity contribution in [1.29, 1.82) is 0 Å². The number of hydrogen-bond donors (Lipinski definition) is 4. The first-order valence-electron chi connectivity index (χ1n) is 15.3. The molecule has 4 aromatic rings. The van der Waals surface area contributed by atoms with E-state index in [0.29, 0.717) is 5.82 Å². The topological polar surface area (TPSA) is 128 Å². The molecule has 2 amide bonds. The molecule has 9 heteroatoms. The van der Waals surface area contributed by atoms with Crippen molar-refractivity contribution < 1.29 is 9.59 Å². The zero-order chi connectivity index (χ0) is 32.4. The Kier molecular flexibility index (Phi) is 9.47. The van der Waals surface area contributed by atoms with Crippen molar-refractivity contribution in [3.63, 3.8) is 0 Å². The summed E-state index contributed by atoms with van der Waals surface area (Å²) in [6.45, 7) is 19.7. The maximum Gasteiger partial charge on any atom is 0.225 e. The molecular weight excluding hydrogens is 550 g/mol. The number of amides is 2. The van der Waals surface area contributed by atoms with Crippen LogP contribution in [0.3, 0.4) is 0 Å². The monoisotopic (exact) mass is 597 g/mol. The molecule has 9 nitrogen and oxygen atoms in total. The predicted molar refractivity (Wildman–Crippen MR) is 175 cm³/mol.